The molecule has 0 saturated heterocycles. The van der Waals surface area contributed by atoms with Crippen LogP contribution in [0.5, 0.6) is 5.75 Å². The molecule has 6 heteroatoms. The molecule has 6 nitrogen and oxygen atoms in total. The van der Waals surface area contributed by atoms with Crippen LogP contribution in [0.3, 0.4) is 0 Å². The first-order valence-corrected chi connectivity index (χ1v) is 6.38. The number of aryl methyl sites for hydroxylation is 2. The molecule has 0 unspecified atom stereocenters. The Morgan fingerprint density at radius 2 is 2.25 bits per heavy atom. The van der Waals surface area contributed by atoms with Crippen LogP contribution in [-0.2, 0) is 13.0 Å². The molecule has 0 aliphatic carbocycles. The fourth-order valence-corrected chi connectivity index (χ4v) is 1.70. The summed E-state index contributed by atoms with van der Waals surface area (Å²) in [4.78, 5) is 15.1. The molecule has 0 atom stereocenters. The second kappa shape index (κ2) is 6.18. The number of carboxylic acid groups (broad SMARTS) is 1. The van der Waals surface area contributed by atoms with Crippen LogP contribution in [0.25, 0.3) is 0 Å². The Balaban J connectivity index is 2.05. The number of hydrogen-bond acceptors (Lipinski definition) is 5. The van der Waals surface area contributed by atoms with E-state index in [0.717, 1.165) is 18.4 Å². The maximum atomic E-state index is 10.9. The topological polar surface area (TPSA) is 85.5 Å². The number of aromatic carboxylic acids is 1. The van der Waals surface area contributed by atoms with Crippen molar-refractivity contribution in [3.8, 4) is 5.75 Å². The van der Waals surface area contributed by atoms with Crippen molar-refractivity contribution in [3.05, 3.63) is 41.0 Å². The SMILES string of the molecule is CCCc1noc(COc2cc(C(=O)O)ccc2C)n1. The first-order valence-electron chi connectivity index (χ1n) is 6.38. The summed E-state index contributed by atoms with van der Waals surface area (Å²) in [6.07, 6.45) is 1.70. The third-order valence-electron chi connectivity index (χ3n) is 2.77. The van der Waals surface area contributed by atoms with Gasteiger partial charge in [0.2, 0.25) is 0 Å². The summed E-state index contributed by atoms with van der Waals surface area (Å²) in [5.41, 5.74) is 1.03. The monoisotopic (exact) mass is 276 g/mol. The molecule has 0 aliphatic heterocycles. The second-order valence-electron chi connectivity index (χ2n) is 4.43. The predicted molar refractivity (Wildman–Crippen MR) is 70.8 cm³/mol. The van der Waals surface area contributed by atoms with Gasteiger partial charge in [0.1, 0.15) is 5.75 Å². The van der Waals surface area contributed by atoms with E-state index in [9.17, 15) is 4.79 Å². The van der Waals surface area contributed by atoms with Crippen molar-refractivity contribution < 1.29 is 19.2 Å². The maximum Gasteiger partial charge on any atom is 0.335 e. The molecule has 0 saturated carbocycles. The lowest BCUT2D eigenvalue weighted by Gasteiger charge is -2.07. The number of rotatable bonds is 6. The van der Waals surface area contributed by atoms with E-state index in [-0.39, 0.29) is 12.2 Å². The number of nitrogens with zero attached hydrogens (tertiary/aromatic N) is 2. The highest BCUT2D eigenvalue weighted by molar-refractivity contribution is 5.88. The first-order chi connectivity index (χ1) is 9.60. The Labute approximate surface area is 116 Å². The van der Waals surface area contributed by atoms with E-state index in [0.29, 0.717) is 17.5 Å². The van der Waals surface area contributed by atoms with Gasteiger partial charge in [0.05, 0.1) is 5.56 Å². The van der Waals surface area contributed by atoms with Gasteiger partial charge in [-0.05, 0) is 31.0 Å². The molecular formula is C14H16N2O4. The highest BCUT2D eigenvalue weighted by atomic mass is 16.5. The average Bonchev–Trinajstić information content (AvgIpc) is 2.86. The Morgan fingerprint density at radius 1 is 1.45 bits per heavy atom. The third-order valence-corrected chi connectivity index (χ3v) is 2.77. The van der Waals surface area contributed by atoms with E-state index in [2.05, 4.69) is 10.1 Å². The summed E-state index contributed by atoms with van der Waals surface area (Å²) in [6, 6.07) is 4.73. The Hall–Kier alpha value is -2.37. The van der Waals surface area contributed by atoms with E-state index in [1.54, 1.807) is 6.07 Å². The predicted octanol–water partition coefficient (Wildman–Crippen LogP) is 2.61. The van der Waals surface area contributed by atoms with Crippen molar-refractivity contribution in [1.29, 1.82) is 0 Å². The van der Waals surface area contributed by atoms with Crippen molar-refractivity contribution in [2.45, 2.75) is 33.3 Å². The quantitative estimate of drug-likeness (QED) is 0.872. The van der Waals surface area contributed by atoms with Gasteiger partial charge >= 0.3 is 5.97 Å². The van der Waals surface area contributed by atoms with Crippen LogP contribution in [0.1, 0.15) is 41.0 Å². The lowest BCUT2D eigenvalue weighted by molar-refractivity contribution is 0.0696. The highest BCUT2D eigenvalue weighted by Crippen LogP contribution is 2.20. The molecule has 1 N–H and O–H groups in total. The first kappa shape index (κ1) is 14.0. The minimum Gasteiger partial charge on any atom is -0.483 e. The summed E-state index contributed by atoms with van der Waals surface area (Å²) in [7, 11) is 0. The van der Waals surface area contributed by atoms with E-state index in [1.807, 2.05) is 13.8 Å². The van der Waals surface area contributed by atoms with Crippen molar-refractivity contribution in [2.24, 2.45) is 0 Å². The van der Waals surface area contributed by atoms with E-state index >= 15 is 0 Å². The fraction of sp³-hybridized carbons (Fsp3) is 0.357. The van der Waals surface area contributed by atoms with Gasteiger partial charge in [0, 0.05) is 6.42 Å². The summed E-state index contributed by atoms with van der Waals surface area (Å²) in [5, 5.41) is 12.8. The van der Waals surface area contributed by atoms with Gasteiger partial charge in [-0.1, -0.05) is 18.1 Å². The van der Waals surface area contributed by atoms with Crippen molar-refractivity contribution >= 4 is 5.97 Å². The molecule has 0 amide bonds. The molecule has 20 heavy (non-hydrogen) atoms. The summed E-state index contributed by atoms with van der Waals surface area (Å²) in [5.74, 6) is 0.550. The van der Waals surface area contributed by atoms with Crippen LogP contribution < -0.4 is 4.74 Å². The van der Waals surface area contributed by atoms with Crippen LogP contribution in [0.15, 0.2) is 22.7 Å². The zero-order valence-electron chi connectivity index (χ0n) is 11.4. The number of carbonyl (C=O) groups is 1. The van der Waals surface area contributed by atoms with E-state index in [1.165, 1.54) is 12.1 Å². The number of carboxylic acids is 1. The van der Waals surface area contributed by atoms with Gasteiger partial charge in [-0.3, -0.25) is 0 Å². The maximum absolute atomic E-state index is 10.9. The van der Waals surface area contributed by atoms with Gasteiger partial charge in [-0.15, -0.1) is 0 Å². The molecule has 0 aliphatic rings. The number of aromatic nitrogens is 2. The summed E-state index contributed by atoms with van der Waals surface area (Å²) >= 11 is 0. The average molecular weight is 276 g/mol. The third kappa shape index (κ3) is 3.34. The van der Waals surface area contributed by atoms with Crippen LogP contribution in [0, 0.1) is 6.92 Å². The molecule has 0 fully saturated rings. The molecule has 106 valence electrons. The van der Waals surface area contributed by atoms with Crippen LogP contribution in [-0.4, -0.2) is 21.2 Å². The number of benzene rings is 1. The fourth-order valence-electron chi connectivity index (χ4n) is 1.70. The number of ether oxygens (including phenoxy) is 1. The molecule has 0 bridgehead atoms. The molecule has 0 spiro atoms. The second-order valence-corrected chi connectivity index (χ2v) is 4.43. The van der Waals surface area contributed by atoms with Gasteiger partial charge in [0.15, 0.2) is 12.4 Å². The lowest BCUT2D eigenvalue weighted by atomic mass is 10.1. The molecule has 1 aromatic heterocycles. The van der Waals surface area contributed by atoms with Crippen LogP contribution in [0.4, 0.5) is 0 Å². The Morgan fingerprint density at radius 3 is 2.95 bits per heavy atom. The summed E-state index contributed by atoms with van der Waals surface area (Å²) < 4.78 is 10.6. The molecule has 1 aromatic carbocycles. The molecule has 1 heterocycles. The molecule has 2 rings (SSSR count). The lowest BCUT2D eigenvalue weighted by Crippen LogP contribution is -2.01. The van der Waals surface area contributed by atoms with Crippen LogP contribution >= 0.6 is 0 Å². The van der Waals surface area contributed by atoms with Crippen molar-refractivity contribution in [2.75, 3.05) is 0 Å². The van der Waals surface area contributed by atoms with Gasteiger partial charge in [0.25, 0.3) is 5.89 Å². The Kier molecular flexibility index (Phi) is 4.34. The van der Waals surface area contributed by atoms with Crippen molar-refractivity contribution in [1.82, 2.24) is 10.1 Å². The zero-order valence-corrected chi connectivity index (χ0v) is 11.4. The smallest absolute Gasteiger partial charge is 0.335 e. The van der Waals surface area contributed by atoms with E-state index in [4.69, 9.17) is 14.4 Å². The standard InChI is InChI=1S/C14H16N2O4/c1-3-4-12-15-13(20-16-12)8-19-11-7-10(14(17)18)6-5-9(11)2/h5-7H,3-4,8H2,1-2H3,(H,17,18). The molecule has 0 radical (unpaired) electrons. The molecule has 2 aromatic rings. The van der Waals surface area contributed by atoms with Crippen molar-refractivity contribution in [3.63, 3.8) is 0 Å². The largest absolute Gasteiger partial charge is 0.483 e. The normalized spacial score (nSPS) is 10.5. The minimum absolute atomic E-state index is 0.126. The summed E-state index contributed by atoms with van der Waals surface area (Å²) in [6.45, 7) is 4.01. The molecular weight excluding hydrogens is 260 g/mol. The van der Waals surface area contributed by atoms with Gasteiger partial charge in [-0.25, -0.2) is 4.79 Å². The van der Waals surface area contributed by atoms with Gasteiger partial charge in [-0.2, -0.15) is 4.98 Å². The van der Waals surface area contributed by atoms with Gasteiger partial charge < -0.3 is 14.4 Å². The number of hydrogen-bond donors (Lipinski definition) is 1. The Bertz CT molecular complexity index is 607. The van der Waals surface area contributed by atoms with E-state index < -0.39 is 5.97 Å². The zero-order chi connectivity index (χ0) is 14.5. The highest BCUT2D eigenvalue weighted by Gasteiger charge is 2.10. The van der Waals surface area contributed by atoms with Crippen LogP contribution in [0.2, 0.25) is 0 Å². The minimum atomic E-state index is -0.988.